The number of carbonyl (C=O) groups excluding carboxylic acids is 1. The third-order valence-electron chi connectivity index (χ3n) is 4.24. The first kappa shape index (κ1) is 18.7. The van der Waals surface area contributed by atoms with Gasteiger partial charge >= 0.3 is 6.09 Å². The summed E-state index contributed by atoms with van der Waals surface area (Å²) in [5, 5.41) is 2.80. The number of hydrogen-bond donors (Lipinski definition) is 1. The SMILES string of the molecule is CN1CCN(C)C(Cn2cncc2CCNC(=O)OC(C)(C)C)C1. The van der Waals surface area contributed by atoms with Crippen LogP contribution in [0.5, 0.6) is 0 Å². The lowest BCUT2D eigenvalue weighted by atomic mass is 10.2. The Labute approximate surface area is 145 Å². The molecule has 0 spiro atoms. The highest BCUT2D eigenvalue weighted by Crippen LogP contribution is 2.11. The second-order valence-electron chi connectivity index (χ2n) is 7.61. The van der Waals surface area contributed by atoms with E-state index in [1.165, 1.54) is 0 Å². The van der Waals surface area contributed by atoms with Gasteiger partial charge in [0.1, 0.15) is 5.60 Å². The fourth-order valence-corrected chi connectivity index (χ4v) is 2.85. The summed E-state index contributed by atoms with van der Waals surface area (Å²) < 4.78 is 7.44. The van der Waals surface area contributed by atoms with Crippen LogP contribution in [-0.2, 0) is 17.7 Å². The Bertz CT molecular complexity index is 537. The van der Waals surface area contributed by atoms with Crippen LogP contribution in [0.2, 0.25) is 0 Å². The Morgan fingerprint density at radius 1 is 1.38 bits per heavy atom. The number of nitrogens with one attached hydrogen (secondary N) is 1. The molecule has 7 nitrogen and oxygen atoms in total. The summed E-state index contributed by atoms with van der Waals surface area (Å²) in [5.41, 5.74) is 0.663. The molecule has 2 rings (SSSR count). The van der Waals surface area contributed by atoms with Crippen LogP contribution >= 0.6 is 0 Å². The minimum Gasteiger partial charge on any atom is -0.444 e. The number of likely N-dealkylation sites (N-methyl/N-ethyl adjacent to an activating group) is 2. The largest absolute Gasteiger partial charge is 0.444 e. The number of nitrogens with zero attached hydrogens (tertiary/aromatic N) is 4. The topological polar surface area (TPSA) is 62.6 Å². The summed E-state index contributed by atoms with van der Waals surface area (Å²) in [4.78, 5) is 20.7. The predicted molar refractivity (Wildman–Crippen MR) is 94.1 cm³/mol. The van der Waals surface area contributed by atoms with Crippen molar-refractivity contribution in [3.05, 3.63) is 18.2 Å². The molecular formula is C17H31N5O2. The first-order valence-corrected chi connectivity index (χ1v) is 8.59. The smallest absolute Gasteiger partial charge is 0.407 e. The van der Waals surface area contributed by atoms with Crippen molar-refractivity contribution < 1.29 is 9.53 Å². The molecule has 0 aromatic carbocycles. The molecular weight excluding hydrogens is 306 g/mol. The maximum atomic E-state index is 11.7. The molecule has 0 bridgehead atoms. The highest BCUT2D eigenvalue weighted by Gasteiger charge is 2.23. The Balaban J connectivity index is 1.83. The Kier molecular flexibility index (Phi) is 6.23. The van der Waals surface area contributed by atoms with Crippen LogP contribution in [-0.4, -0.2) is 77.4 Å². The maximum Gasteiger partial charge on any atom is 0.407 e. The van der Waals surface area contributed by atoms with E-state index in [4.69, 9.17) is 4.74 Å². The zero-order valence-corrected chi connectivity index (χ0v) is 15.6. The summed E-state index contributed by atoms with van der Waals surface area (Å²) in [5.74, 6) is 0. The van der Waals surface area contributed by atoms with E-state index >= 15 is 0 Å². The molecule has 1 atom stereocenters. The molecule has 0 aliphatic carbocycles. The number of amides is 1. The van der Waals surface area contributed by atoms with Gasteiger partial charge in [-0.25, -0.2) is 9.78 Å². The van der Waals surface area contributed by atoms with Crippen LogP contribution in [0.15, 0.2) is 12.5 Å². The van der Waals surface area contributed by atoms with Crippen molar-refractivity contribution in [2.75, 3.05) is 40.3 Å². The predicted octanol–water partition coefficient (Wildman–Crippen LogP) is 1.20. The quantitative estimate of drug-likeness (QED) is 0.875. The molecule has 0 radical (unpaired) electrons. The van der Waals surface area contributed by atoms with Gasteiger partial charge in [0.25, 0.3) is 0 Å². The molecule has 1 aliphatic heterocycles. The zero-order valence-electron chi connectivity index (χ0n) is 15.6. The van der Waals surface area contributed by atoms with Crippen LogP contribution < -0.4 is 5.32 Å². The van der Waals surface area contributed by atoms with Gasteiger partial charge in [-0.05, 0) is 34.9 Å². The summed E-state index contributed by atoms with van der Waals surface area (Å²) in [6.45, 7) is 10.3. The van der Waals surface area contributed by atoms with Crippen molar-refractivity contribution in [1.29, 1.82) is 0 Å². The van der Waals surface area contributed by atoms with Crippen LogP contribution in [0.25, 0.3) is 0 Å². The number of aromatic nitrogens is 2. The zero-order chi connectivity index (χ0) is 17.7. The number of hydrogen-bond acceptors (Lipinski definition) is 5. The van der Waals surface area contributed by atoms with E-state index in [0.29, 0.717) is 12.6 Å². The lowest BCUT2D eigenvalue weighted by Gasteiger charge is -2.38. The normalized spacial score (nSPS) is 20.1. The van der Waals surface area contributed by atoms with Gasteiger partial charge in [-0.2, -0.15) is 0 Å². The number of alkyl carbamates (subject to hydrolysis) is 1. The van der Waals surface area contributed by atoms with Crippen molar-refractivity contribution >= 4 is 6.09 Å². The van der Waals surface area contributed by atoms with Gasteiger partial charge in [0.15, 0.2) is 0 Å². The van der Waals surface area contributed by atoms with Gasteiger partial charge in [0.05, 0.1) is 6.33 Å². The van der Waals surface area contributed by atoms with Crippen LogP contribution in [0.4, 0.5) is 4.79 Å². The van der Waals surface area contributed by atoms with Gasteiger partial charge in [-0.1, -0.05) is 0 Å². The summed E-state index contributed by atoms with van der Waals surface area (Å²) in [7, 11) is 4.35. The number of piperazine rings is 1. The van der Waals surface area contributed by atoms with Crippen LogP contribution in [0, 0.1) is 0 Å². The van der Waals surface area contributed by atoms with E-state index in [0.717, 1.165) is 38.3 Å². The van der Waals surface area contributed by atoms with E-state index in [-0.39, 0.29) is 6.09 Å². The van der Waals surface area contributed by atoms with Gasteiger partial charge in [-0.15, -0.1) is 0 Å². The second kappa shape index (κ2) is 7.98. The molecule has 1 aromatic rings. The van der Waals surface area contributed by atoms with E-state index in [9.17, 15) is 4.79 Å². The average molecular weight is 337 g/mol. The van der Waals surface area contributed by atoms with Crippen molar-refractivity contribution in [1.82, 2.24) is 24.7 Å². The standard InChI is InChI=1S/C17H31N5O2/c1-17(2,3)24-16(23)19-7-6-14-10-18-13-22(14)12-15-11-20(4)8-9-21(15)5/h10,13,15H,6-9,11-12H2,1-5H3,(H,19,23). The molecule has 7 heteroatoms. The fraction of sp³-hybridized carbons (Fsp3) is 0.765. The molecule has 24 heavy (non-hydrogen) atoms. The number of carbonyl (C=O) groups is 1. The first-order chi connectivity index (χ1) is 11.2. The number of rotatable bonds is 5. The Morgan fingerprint density at radius 3 is 2.83 bits per heavy atom. The van der Waals surface area contributed by atoms with E-state index in [2.05, 4.69) is 38.8 Å². The van der Waals surface area contributed by atoms with E-state index < -0.39 is 5.60 Å². The van der Waals surface area contributed by atoms with Gasteiger partial charge in [0.2, 0.25) is 0 Å². The summed E-state index contributed by atoms with van der Waals surface area (Å²) >= 11 is 0. The van der Waals surface area contributed by atoms with Gasteiger partial charge in [-0.3, -0.25) is 4.90 Å². The number of imidazole rings is 1. The average Bonchev–Trinajstić information content (AvgIpc) is 2.88. The van der Waals surface area contributed by atoms with E-state index in [1.807, 2.05) is 33.3 Å². The van der Waals surface area contributed by atoms with Crippen molar-refractivity contribution in [3.63, 3.8) is 0 Å². The Hall–Kier alpha value is -1.60. The lowest BCUT2D eigenvalue weighted by molar-refractivity contribution is 0.0528. The van der Waals surface area contributed by atoms with Crippen molar-refractivity contribution in [2.45, 2.75) is 45.4 Å². The minimum atomic E-state index is -0.469. The third kappa shape index (κ3) is 5.79. The molecule has 2 heterocycles. The maximum absolute atomic E-state index is 11.7. The molecule has 1 amide bonds. The van der Waals surface area contributed by atoms with Gasteiger partial charge < -0.3 is 19.5 Å². The fourth-order valence-electron chi connectivity index (χ4n) is 2.85. The molecule has 0 saturated carbocycles. The molecule has 1 fully saturated rings. The van der Waals surface area contributed by atoms with E-state index in [1.54, 1.807) is 0 Å². The summed E-state index contributed by atoms with van der Waals surface area (Å²) in [6, 6.07) is 0.482. The Morgan fingerprint density at radius 2 is 2.12 bits per heavy atom. The molecule has 1 N–H and O–H groups in total. The first-order valence-electron chi connectivity index (χ1n) is 8.59. The van der Waals surface area contributed by atoms with Crippen LogP contribution in [0.1, 0.15) is 26.5 Å². The molecule has 1 aliphatic rings. The second-order valence-corrected chi connectivity index (χ2v) is 7.61. The van der Waals surface area contributed by atoms with Crippen LogP contribution in [0.3, 0.4) is 0 Å². The highest BCUT2D eigenvalue weighted by molar-refractivity contribution is 5.67. The van der Waals surface area contributed by atoms with Crippen molar-refractivity contribution in [2.24, 2.45) is 0 Å². The molecule has 136 valence electrons. The molecule has 1 aromatic heterocycles. The highest BCUT2D eigenvalue weighted by atomic mass is 16.6. The van der Waals surface area contributed by atoms with Gasteiger partial charge in [0, 0.05) is 57.1 Å². The minimum absolute atomic E-state index is 0.373. The van der Waals surface area contributed by atoms with Crippen molar-refractivity contribution in [3.8, 4) is 0 Å². The molecule has 1 unspecified atom stereocenters. The lowest BCUT2D eigenvalue weighted by Crippen LogP contribution is -2.51. The third-order valence-corrected chi connectivity index (χ3v) is 4.24. The number of ether oxygens (including phenoxy) is 1. The summed E-state index contributed by atoms with van der Waals surface area (Å²) in [6.07, 6.45) is 4.13. The molecule has 1 saturated heterocycles. The monoisotopic (exact) mass is 337 g/mol.